The van der Waals surface area contributed by atoms with Gasteiger partial charge in [0.05, 0.1) is 0 Å². The number of allylic oxidation sites excluding steroid dienone is 1. The van der Waals surface area contributed by atoms with E-state index in [2.05, 4.69) is 31.2 Å². The van der Waals surface area contributed by atoms with Crippen molar-refractivity contribution in [1.82, 2.24) is 0 Å². The van der Waals surface area contributed by atoms with E-state index in [0.717, 1.165) is 16.7 Å². The molecule has 0 fully saturated rings. The average Bonchev–Trinajstić information content (AvgIpc) is 2.38. The lowest BCUT2D eigenvalue weighted by Gasteiger charge is -2.08. The van der Waals surface area contributed by atoms with Gasteiger partial charge in [-0.3, -0.25) is 4.79 Å². The number of rotatable bonds is 3. The van der Waals surface area contributed by atoms with Crippen molar-refractivity contribution in [2.24, 2.45) is 0 Å². The lowest BCUT2D eigenvalue weighted by atomic mass is 9.96. The zero-order valence-electron chi connectivity index (χ0n) is 10.7. The van der Waals surface area contributed by atoms with Crippen LogP contribution in [0, 0.1) is 6.92 Å². The Bertz CT molecular complexity index is 562. The van der Waals surface area contributed by atoms with E-state index in [1.54, 1.807) is 13.0 Å². The van der Waals surface area contributed by atoms with Crippen molar-refractivity contribution in [2.45, 2.75) is 13.8 Å². The van der Waals surface area contributed by atoms with Gasteiger partial charge in [0.1, 0.15) is 0 Å². The van der Waals surface area contributed by atoms with Crippen molar-refractivity contribution in [3.05, 3.63) is 77.4 Å². The maximum atomic E-state index is 11.4. The van der Waals surface area contributed by atoms with Crippen LogP contribution in [0.3, 0.4) is 0 Å². The van der Waals surface area contributed by atoms with Crippen LogP contribution in [-0.2, 0) is 4.79 Å². The second-order valence-electron chi connectivity index (χ2n) is 4.40. The highest BCUT2D eigenvalue weighted by molar-refractivity contribution is 5.99. The van der Waals surface area contributed by atoms with Crippen molar-refractivity contribution in [2.75, 3.05) is 0 Å². The molecule has 0 N–H and O–H groups in total. The molecular formula is C17H16O. The molecule has 0 aliphatic heterocycles. The maximum Gasteiger partial charge on any atom is 0.153 e. The third-order valence-corrected chi connectivity index (χ3v) is 2.79. The van der Waals surface area contributed by atoms with E-state index in [1.807, 2.05) is 30.3 Å². The first kappa shape index (κ1) is 12.3. The lowest BCUT2D eigenvalue weighted by molar-refractivity contribution is -0.112. The molecule has 0 radical (unpaired) electrons. The topological polar surface area (TPSA) is 17.1 Å². The van der Waals surface area contributed by atoms with Gasteiger partial charge in [-0.1, -0.05) is 60.2 Å². The summed E-state index contributed by atoms with van der Waals surface area (Å²) < 4.78 is 0. The fourth-order valence-corrected chi connectivity index (χ4v) is 1.89. The summed E-state index contributed by atoms with van der Waals surface area (Å²) in [5, 5.41) is 0. The molecule has 0 bridgehead atoms. The maximum absolute atomic E-state index is 11.4. The molecule has 1 nitrogen and oxygen atoms in total. The zero-order valence-corrected chi connectivity index (χ0v) is 10.7. The Morgan fingerprint density at radius 3 is 2.00 bits per heavy atom. The molecule has 0 saturated carbocycles. The largest absolute Gasteiger partial charge is 0.295 e. The predicted molar refractivity (Wildman–Crippen MR) is 75.4 cm³/mol. The Kier molecular flexibility index (Phi) is 3.73. The number of carbonyl (C=O) groups excluding carboxylic acids is 1. The van der Waals surface area contributed by atoms with Crippen LogP contribution in [0.25, 0.3) is 5.57 Å². The van der Waals surface area contributed by atoms with Crippen LogP contribution >= 0.6 is 0 Å². The summed E-state index contributed by atoms with van der Waals surface area (Å²) in [4.78, 5) is 11.4. The van der Waals surface area contributed by atoms with E-state index < -0.39 is 0 Å². The number of hydrogen-bond donors (Lipinski definition) is 0. The Hall–Kier alpha value is -2.15. The van der Waals surface area contributed by atoms with Gasteiger partial charge in [0, 0.05) is 0 Å². The Balaban J connectivity index is 2.51. The summed E-state index contributed by atoms with van der Waals surface area (Å²) in [5.74, 6) is 0.0643. The second-order valence-corrected chi connectivity index (χ2v) is 4.40. The van der Waals surface area contributed by atoms with E-state index in [-0.39, 0.29) is 5.78 Å². The van der Waals surface area contributed by atoms with Gasteiger partial charge in [0.15, 0.2) is 5.78 Å². The second kappa shape index (κ2) is 5.46. The van der Waals surface area contributed by atoms with E-state index in [1.165, 1.54) is 5.56 Å². The molecule has 0 saturated heterocycles. The molecule has 2 aromatic carbocycles. The lowest BCUT2D eigenvalue weighted by Crippen LogP contribution is -1.92. The van der Waals surface area contributed by atoms with Crippen LogP contribution in [0.1, 0.15) is 23.6 Å². The van der Waals surface area contributed by atoms with Gasteiger partial charge in [0.2, 0.25) is 0 Å². The van der Waals surface area contributed by atoms with Crippen molar-refractivity contribution in [1.29, 1.82) is 0 Å². The van der Waals surface area contributed by atoms with Gasteiger partial charge in [-0.25, -0.2) is 0 Å². The highest BCUT2D eigenvalue weighted by atomic mass is 16.1. The number of aryl methyl sites for hydroxylation is 1. The molecule has 18 heavy (non-hydrogen) atoms. The van der Waals surface area contributed by atoms with E-state index in [9.17, 15) is 4.79 Å². The molecule has 0 atom stereocenters. The fourth-order valence-electron chi connectivity index (χ4n) is 1.89. The smallest absolute Gasteiger partial charge is 0.153 e. The third-order valence-electron chi connectivity index (χ3n) is 2.79. The predicted octanol–water partition coefficient (Wildman–Crippen LogP) is 4.02. The molecular weight excluding hydrogens is 220 g/mol. The number of hydrogen-bond acceptors (Lipinski definition) is 1. The summed E-state index contributed by atoms with van der Waals surface area (Å²) >= 11 is 0. The fraction of sp³-hybridized carbons (Fsp3) is 0.118. The van der Waals surface area contributed by atoms with Crippen LogP contribution in [0.5, 0.6) is 0 Å². The highest BCUT2D eigenvalue weighted by Crippen LogP contribution is 2.23. The van der Waals surface area contributed by atoms with Crippen LogP contribution in [0.15, 0.2) is 60.7 Å². The Morgan fingerprint density at radius 2 is 1.44 bits per heavy atom. The molecule has 0 heterocycles. The Labute approximate surface area is 108 Å². The SMILES string of the molecule is CC(=O)/C=C(\c1ccccc1)c1ccc(C)cc1. The zero-order chi connectivity index (χ0) is 13.0. The average molecular weight is 236 g/mol. The van der Waals surface area contributed by atoms with Crippen molar-refractivity contribution in [3.63, 3.8) is 0 Å². The normalized spacial score (nSPS) is 11.3. The standard InChI is InChI=1S/C17H16O/c1-13-8-10-16(11-9-13)17(12-14(2)18)15-6-4-3-5-7-15/h3-12H,1-2H3/b17-12+. The van der Waals surface area contributed by atoms with Crippen LogP contribution in [-0.4, -0.2) is 5.78 Å². The van der Waals surface area contributed by atoms with Crippen molar-refractivity contribution in [3.8, 4) is 0 Å². The first-order chi connectivity index (χ1) is 8.66. The van der Waals surface area contributed by atoms with Gasteiger partial charge < -0.3 is 0 Å². The molecule has 0 aromatic heterocycles. The van der Waals surface area contributed by atoms with Crippen LogP contribution in [0.2, 0.25) is 0 Å². The molecule has 2 rings (SSSR count). The molecule has 2 aromatic rings. The Morgan fingerprint density at radius 1 is 0.889 bits per heavy atom. The van der Waals surface area contributed by atoms with Gasteiger partial charge in [0.25, 0.3) is 0 Å². The summed E-state index contributed by atoms with van der Waals surface area (Å²) in [6, 6.07) is 18.2. The van der Waals surface area contributed by atoms with E-state index >= 15 is 0 Å². The van der Waals surface area contributed by atoms with Crippen LogP contribution in [0.4, 0.5) is 0 Å². The molecule has 0 unspecified atom stereocenters. The van der Waals surface area contributed by atoms with Crippen molar-refractivity contribution >= 4 is 11.4 Å². The summed E-state index contributed by atoms with van der Waals surface area (Å²) in [5.41, 5.74) is 4.33. The number of ketones is 1. The molecule has 0 aliphatic carbocycles. The molecule has 90 valence electrons. The molecule has 0 aliphatic rings. The highest BCUT2D eigenvalue weighted by Gasteiger charge is 2.05. The van der Waals surface area contributed by atoms with E-state index in [0.29, 0.717) is 0 Å². The number of carbonyl (C=O) groups is 1. The van der Waals surface area contributed by atoms with Crippen molar-refractivity contribution < 1.29 is 4.79 Å². The number of benzene rings is 2. The molecule has 0 amide bonds. The summed E-state index contributed by atoms with van der Waals surface area (Å²) in [7, 11) is 0. The summed E-state index contributed by atoms with van der Waals surface area (Å²) in [6.45, 7) is 3.64. The van der Waals surface area contributed by atoms with Gasteiger partial charge in [-0.05, 0) is 36.6 Å². The minimum Gasteiger partial charge on any atom is -0.295 e. The first-order valence-electron chi connectivity index (χ1n) is 6.01. The molecule has 1 heteroatoms. The summed E-state index contributed by atoms with van der Waals surface area (Å²) in [6.07, 6.45) is 1.69. The third kappa shape index (κ3) is 2.95. The minimum atomic E-state index is 0.0643. The van der Waals surface area contributed by atoms with Gasteiger partial charge >= 0.3 is 0 Å². The van der Waals surface area contributed by atoms with E-state index in [4.69, 9.17) is 0 Å². The molecule has 0 spiro atoms. The van der Waals surface area contributed by atoms with Gasteiger partial charge in [-0.15, -0.1) is 0 Å². The minimum absolute atomic E-state index is 0.0643. The van der Waals surface area contributed by atoms with Gasteiger partial charge in [-0.2, -0.15) is 0 Å². The first-order valence-corrected chi connectivity index (χ1v) is 6.01. The van der Waals surface area contributed by atoms with Crippen LogP contribution < -0.4 is 0 Å². The quantitative estimate of drug-likeness (QED) is 0.736. The monoisotopic (exact) mass is 236 g/mol.